The number of piperidine rings is 1. The molecule has 0 bridgehead atoms. The van der Waals surface area contributed by atoms with Gasteiger partial charge in [-0.2, -0.15) is 0 Å². The maximum absolute atomic E-state index is 11.8. The second-order valence-corrected chi connectivity index (χ2v) is 8.08. The van der Waals surface area contributed by atoms with Gasteiger partial charge in [-0.15, -0.1) is 0 Å². The van der Waals surface area contributed by atoms with Crippen LogP contribution in [0.5, 0.6) is 5.75 Å². The lowest BCUT2D eigenvalue weighted by atomic mass is 9.65. The van der Waals surface area contributed by atoms with E-state index in [0.29, 0.717) is 5.92 Å². The van der Waals surface area contributed by atoms with Gasteiger partial charge in [0, 0.05) is 17.4 Å². The third kappa shape index (κ3) is 1.82. The fourth-order valence-corrected chi connectivity index (χ4v) is 4.99. The van der Waals surface area contributed by atoms with E-state index in [1.165, 1.54) is 11.1 Å². The zero-order chi connectivity index (χ0) is 15.5. The van der Waals surface area contributed by atoms with Crippen LogP contribution in [0.1, 0.15) is 43.4 Å². The second kappa shape index (κ2) is 4.72. The Kier molecular flexibility index (Phi) is 3.11. The minimum atomic E-state index is -0.718. The van der Waals surface area contributed by atoms with Gasteiger partial charge in [0.1, 0.15) is 5.75 Å². The Hall–Kier alpha value is -1.06. The van der Waals surface area contributed by atoms with Gasteiger partial charge in [-0.3, -0.25) is 0 Å². The summed E-state index contributed by atoms with van der Waals surface area (Å²) in [5.41, 5.74) is 2.90. The van der Waals surface area contributed by atoms with Crippen molar-refractivity contribution in [2.24, 2.45) is 11.3 Å². The van der Waals surface area contributed by atoms with Gasteiger partial charge in [-0.25, -0.2) is 0 Å². The first-order valence-electron chi connectivity index (χ1n) is 8.62. The zero-order valence-electron chi connectivity index (χ0n) is 14.0. The molecule has 1 aromatic carbocycles. The highest BCUT2D eigenvalue weighted by Crippen LogP contribution is 2.58. The molecule has 1 aliphatic carbocycles. The zero-order valence-corrected chi connectivity index (χ0v) is 14.0. The average molecular weight is 301 g/mol. The summed E-state index contributed by atoms with van der Waals surface area (Å²) < 4.78 is 5.91. The molecule has 1 aromatic rings. The molecular formula is C19H27NO2. The summed E-state index contributed by atoms with van der Waals surface area (Å²) in [4.78, 5) is 2.37. The fraction of sp³-hybridized carbons (Fsp3) is 0.684. The number of aliphatic hydroxyl groups is 1. The molecule has 4 rings (SSSR count). The molecule has 1 unspecified atom stereocenters. The van der Waals surface area contributed by atoms with Crippen molar-refractivity contribution in [2.75, 3.05) is 26.7 Å². The van der Waals surface area contributed by atoms with Crippen LogP contribution in [0.2, 0.25) is 0 Å². The van der Waals surface area contributed by atoms with Gasteiger partial charge in [0.15, 0.2) is 0 Å². The van der Waals surface area contributed by atoms with Crippen molar-refractivity contribution >= 4 is 0 Å². The van der Waals surface area contributed by atoms with Crippen LogP contribution in [0, 0.1) is 11.3 Å². The number of rotatable bonds is 1. The summed E-state index contributed by atoms with van der Waals surface area (Å²) in [6.07, 6.45) is 4.09. The molecule has 0 amide bonds. The topological polar surface area (TPSA) is 32.7 Å². The monoisotopic (exact) mass is 301 g/mol. The molecule has 3 nitrogen and oxygen atoms in total. The largest absolute Gasteiger partial charge is 0.493 e. The van der Waals surface area contributed by atoms with Crippen molar-refractivity contribution in [2.45, 2.75) is 45.1 Å². The highest BCUT2D eigenvalue weighted by molar-refractivity contribution is 5.55. The molecule has 1 atom stereocenters. The van der Waals surface area contributed by atoms with Gasteiger partial charge in [0.05, 0.1) is 12.2 Å². The number of benzene rings is 1. The Bertz CT molecular complexity index is 602. The predicted molar refractivity (Wildman–Crippen MR) is 87.2 cm³/mol. The van der Waals surface area contributed by atoms with Crippen LogP contribution in [0.25, 0.3) is 0 Å². The minimum Gasteiger partial charge on any atom is -0.493 e. The normalized spacial score (nSPS) is 30.9. The number of ether oxygens (including phenoxy) is 1. The lowest BCUT2D eigenvalue weighted by Gasteiger charge is -2.46. The van der Waals surface area contributed by atoms with Crippen molar-refractivity contribution in [3.63, 3.8) is 0 Å². The molecule has 3 aliphatic rings. The summed E-state index contributed by atoms with van der Waals surface area (Å²) in [6, 6.07) is 4.37. The standard InChI is InChI=1S/C19H27NO2/c1-18(2)12-15-16(5-4-13-8-11-22-17(13)15)19(18,21)14-6-9-20(3)10-7-14/h4-5,14,21H,6-12H2,1-3H3. The van der Waals surface area contributed by atoms with E-state index >= 15 is 0 Å². The van der Waals surface area contributed by atoms with E-state index in [4.69, 9.17) is 4.74 Å². The van der Waals surface area contributed by atoms with Gasteiger partial charge >= 0.3 is 0 Å². The molecule has 2 heterocycles. The van der Waals surface area contributed by atoms with Crippen molar-refractivity contribution in [1.29, 1.82) is 0 Å². The average Bonchev–Trinajstić information content (AvgIpc) is 3.02. The Labute approximate surface area is 133 Å². The van der Waals surface area contributed by atoms with Crippen LogP contribution < -0.4 is 4.74 Å². The van der Waals surface area contributed by atoms with Crippen molar-refractivity contribution in [3.05, 3.63) is 28.8 Å². The first-order valence-corrected chi connectivity index (χ1v) is 8.62. The Morgan fingerprint density at radius 1 is 1.23 bits per heavy atom. The highest BCUT2D eigenvalue weighted by Gasteiger charge is 2.56. The molecule has 1 fully saturated rings. The molecule has 3 heteroatoms. The molecule has 22 heavy (non-hydrogen) atoms. The van der Waals surface area contributed by atoms with E-state index in [1.807, 2.05) is 0 Å². The number of hydrogen-bond acceptors (Lipinski definition) is 3. The van der Waals surface area contributed by atoms with Gasteiger partial charge in [-0.05, 0) is 56.4 Å². The van der Waals surface area contributed by atoms with E-state index in [-0.39, 0.29) is 5.41 Å². The molecule has 0 spiro atoms. The predicted octanol–water partition coefficient (Wildman–Crippen LogP) is 2.73. The maximum atomic E-state index is 11.8. The Morgan fingerprint density at radius 3 is 2.68 bits per heavy atom. The van der Waals surface area contributed by atoms with Crippen LogP contribution in [0.15, 0.2) is 12.1 Å². The molecule has 120 valence electrons. The van der Waals surface area contributed by atoms with Crippen LogP contribution in [0.3, 0.4) is 0 Å². The summed E-state index contributed by atoms with van der Waals surface area (Å²) in [7, 11) is 2.18. The van der Waals surface area contributed by atoms with Crippen LogP contribution >= 0.6 is 0 Å². The first kappa shape index (κ1) is 14.5. The van der Waals surface area contributed by atoms with E-state index in [1.54, 1.807) is 0 Å². The number of hydrogen-bond donors (Lipinski definition) is 1. The van der Waals surface area contributed by atoms with Gasteiger partial charge in [0.25, 0.3) is 0 Å². The van der Waals surface area contributed by atoms with Crippen molar-refractivity contribution in [1.82, 2.24) is 4.90 Å². The van der Waals surface area contributed by atoms with E-state index in [0.717, 1.165) is 56.7 Å². The third-order valence-corrected chi connectivity index (χ3v) is 6.33. The molecule has 2 aliphatic heterocycles. The molecule has 1 saturated heterocycles. The van der Waals surface area contributed by atoms with Gasteiger partial charge in [-0.1, -0.05) is 26.0 Å². The molecular weight excluding hydrogens is 274 g/mol. The Morgan fingerprint density at radius 2 is 1.95 bits per heavy atom. The van der Waals surface area contributed by atoms with E-state index in [9.17, 15) is 5.11 Å². The smallest absolute Gasteiger partial charge is 0.126 e. The summed E-state index contributed by atoms with van der Waals surface area (Å²) >= 11 is 0. The molecule has 0 saturated carbocycles. The van der Waals surface area contributed by atoms with Crippen LogP contribution in [-0.4, -0.2) is 36.8 Å². The lowest BCUT2D eigenvalue weighted by molar-refractivity contribution is -0.121. The second-order valence-electron chi connectivity index (χ2n) is 8.08. The molecule has 0 radical (unpaired) electrons. The van der Waals surface area contributed by atoms with Crippen molar-refractivity contribution < 1.29 is 9.84 Å². The summed E-state index contributed by atoms with van der Waals surface area (Å²) in [5, 5.41) is 11.8. The van der Waals surface area contributed by atoms with Crippen LogP contribution in [-0.2, 0) is 18.4 Å². The van der Waals surface area contributed by atoms with E-state index in [2.05, 4.69) is 37.9 Å². The number of nitrogens with zero attached hydrogens (tertiary/aromatic N) is 1. The SMILES string of the molecule is CN1CCC(C2(O)c3ccc4c(c3CC2(C)C)OCC4)CC1. The Balaban J connectivity index is 1.80. The molecule has 0 aromatic heterocycles. The number of fused-ring (bicyclic) bond motifs is 3. The number of likely N-dealkylation sites (tertiary alicyclic amines) is 1. The quantitative estimate of drug-likeness (QED) is 0.866. The summed E-state index contributed by atoms with van der Waals surface area (Å²) in [5.74, 6) is 1.42. The summed E-state index contributed by atoms with van der Waals surface area (Å²) in [6.45, 7) is 7.41. The minimum absolute atomic E-state index is 0.128. The highest BCUT2D eigenvalue weighted by atomic mass is 16.5. The maximum Gasteiger partial charge on any atom is 0.126 e. The third-order valence-electron chi connectivity index (χ3n) is 6.33. The van der Waals surface area contributed by atoms with Crippen molar-refractivity contribution in [3.8, 4) is 5.75 Å². The molecule has 1 N–H and O–H groups in total. The van der Waals surface area contributed by atoms with Gasteiger partial charge in [0.2, 0.25) is 0 Å². The van der Waals surface area contributed by atoms with E-state index < -0.39 is 5.60 Å². The lowest BCUT2D eigenvalue weighted by Crippen LogP contribution is -2.49. The first-order chi connectivity index (χ1) is 10.4. The van der Waals surface area contributed by atoms with Gasteiger partial charge < -0.3 is 14.7 Å². The fourth-order valence-electron chi connectivity index (χ4n) is 4.99. The van der Waals surface area contributed by atoms with Crippen LogP contribution in [0.4, 0.5) is 0 Å².